The van der Waals surface area contributed by atoms with Gasteiger partial charge >= 0.3 is 0 Å². The molecule has 2 aliphatic rings. The van der Waals surface area contributed by atoms with Crippen molar-refractivity contribution in [2.75, 3.05) is 18.0 Å². The molecule has 1 fully saturated rings. The molecule has 3 nitrogen and oxygen atoms in total. The predicted octanol–water partition coefficient (Wildman–Crippen LogP) is 4.74. The van der Waals surface area contributed by atoms with E-state index in [4.69, 9.17) is 4.98 Å². The number of piperidine rings is 1. The zero-order valence-electron chi connectivity index (χ0n) is 16.1. The molecule has 1 unspecified atom stereocenters. The Kier molecular flexibility index (Phi) is 5.61. The van der Waals surface area contributed by atoms with Gasteiger partial charge < -0.3 is 4.90 Å². The molecule has 1 aliphatic heterocycles. The van der Waals surface area contributed by atoms with Crippen LogP contribution in [0.5, 0.6) is 0 Å². The van der Waals surface area contributed by atoms with Gasteiger partial charge in [-0.1, -0.05) is 32.9 Å². The summed E-state index contributed by atoms with van der Waals surface area (Å²) in [5.74, 6) is 1.57. The van der Waals surface area contributed by atoms with Crippen LogP contribution < -0.4 is 4.90 Å². The van der Waals surface area contributed by atoms with Gasteiger partial charge in [0, 0.05) is 24.7 Å². The largest absolute Gasteiger partial charge is 0.357 e. The number of anilines is 1. The SMILES string of the molecule is CC(C)(C)/C=C\C(=O)C1CCc2ccc(N3CCCCC3)nc2CC1. The minimum atomic E-state index is 0.0637. The van der Waals surface area contributed by atoms with Crippen LogP contribution in [0, 0.1) is 11.3 Å². The number of pyridine rings is 1. The summed E-state index contributed by atoms with van der Waals surface area (Å²) in [6.07, 6.45) is 11.5. The smallest absolute Gasteiger partial charge is 0.158 e. The van der Waals surface area contributed by atoms with Crippen molar-refractivity contribution < 1.29 is 4.79 Å². The van der Waals surface area contributed by atoms with Crippen molar-refractivity contribution >= 4 is 11.6 Å². The third kappa shape index (κ3) is 4.93. The number of hydrogen-bond donors (Lipinski definition) is 0. The second-order valence-electron chi connectivity index (χ2n) is 8.70. The van der Waals surface area contributed by atoms with E-state index < -0.39 is 0 Å². The molecule has 1 aliphatic carbocycles. The lowest BCUT2D eigenvalue weighted by Gasteiger charge is -2.28. The van der Waals surface area contributed by atoms with Crippen LogP contribution >= 0.6 is 0 Å². The van der Waals surface area contributed by atoms with Crippen molar-refractivity contribution in [2.24, 2.45) is 11.3 Å². The molecule has 0 saturated carbocycles. The van der Waals surface area contributed by atoms with E-state index in [0.29, 0.717) is 5.78 Å². The van der Waals surface area contributed by atoms with Crippen LogP contribution in [0.2, 0.25) is 0 Å². The summed E-state index contributed by atoms with van der Waals surface area (Å²) in [6, 6.07) is 4.44. The van der Waals surface area contributed by atoms with E-state index in [2.05, 4.69) is 37.8 Å². The van der Waals surface area contributed by atoms with Crippen LogP contribution in [0.1, 0.15) is 64.1 Å². The van der Waals surface area contributed by atoms with E-state index in [1.54, 1.807) is 0 Å². The minimum absolute atomic E-state index is 0.0637. The van der Waals surface area contributed by atoms with E-state index >= 15 is 0 Å². The van der Waals surface area contributed by atoms with E-state index in [1.165, 1.54) is 30.5 Å². The van der Waals surface area contributed by atoms with Gasteiger partial charge in [0.2, 0.25) is 0 Å². The lowest BCUT2D eigenvalue weighted by molar-refractivity contribution is -0.118. The number of hydrogen-bond acceptors (Lipinski definition) is 3. The molecule has 1 saturated heterocycles. The van der Waals surface area contributed by atoms with Gasteiger partial charge in [-0.15, -0.1) is 0 Å². The fraction of sp³-hybridized carbons (Fsp3) is 0.636. The van der Waals surface area contributed by atoms with Crippen LogP contribution in [0.15, 0.2) is 24.3 Å². The number of nitrogens with zero attached hydrogens (tertiary/aromatic N) is 2. The summed E-state index contributed by atoms with van der Waals surface area (Å²) in [6.45, 7) is 8.65. The summed E-state index contributed by atoms with van der Waals surface area (Å²) in [5, 5.41) is 0. The predicted molar refractivity (Wildman–Crippen MR) is 104 cm³/mol. The first kappa shape index (κ1) is 18.2. The van der Waals surface area contributed by atoms with Crippen LogP contribution in [0.25, 0.3) is 0 Å². The number of rotatable bonds is 3. The van der Waals surface area contributed by atoms with E-state index in [1.807, 2.05) is 12.2 Å². The van der Waals surface area contributed by atoms with Gasteiger partial charge in [0.05, 0.1) is 0 Å². The molecule has 0 amide bonds. The molecule has 1 atom stereocenters. The molecule has 3 rings (SSSR count). The zero-order valence-corrected chi connectivity index (χ0v) is 16.1. The maximum absolute atomic E-state index is 12.5. The second-order valence-corrected chi connectivity index (χ2v) is 8.70. The lowest BCUT2D eigenvalue weighted by Crippen LogP contribution is -2.30. The number of ketones is 1. The van der Waals surface area contributed by atoms with Gasteiger partial charge in [0.25, 0.3) is 0 Å². The summed E-state index contributed by atoms with van der Waals surface area (Å²) < 4.78 is 0. The Labute approximate surface area is 152 Å². The molecule has 0 bridgehead atoms. The molecule has 0 aromatic carbocycles. The number of carbonyl (C=O) groups excluding carboxylic acids is 1. The van der Waals surface area contributed by atoms with Crippen molar-refractivity contribution in [1.29, 1.82) is 0 Å². The third-order valence-electron chi connectivity index (χ3n) is 5.38. The summed E-state index contributed by atoms with van der Waals surface area (Å²) in [5.41, 5.74) is 2.63. The summed E-state index contributed by atoms with van der Waals surface area (Å²) in [4.78, 5) is 19.9. The van der Waals surface area contributed by atoms with Crippen molar-refractivity contribution in [2.45, 2.75) is 65.7 Å². The Morgan fingerprint density at radius 3 is 2.56 bits per heavy atom. The van der Waals surface area contributed by atoms with Crippen LogP contribution in [-0.4, -0.2) is 23.9 Å². The van der Waals surface area contributed by atoms with Crippen molar-refractivity contribution in [3.8, 4) is 0 Å². The van der Waals surface area contributed by atoms with Gasteiger partial charge in [-0.25, -0.2) is 4.98 Å². The quantitative estimate of drug-likeness (QED) is 0.589. The Hall–Kier alpha value is -1.64. The van der Waals surface area contributed by atoms with Gasteiger partial charge in [0.1, 0.15) is 5.82 Å². The average molecular weight is 341 g/mol. The number of allylic oxidation sites excluding steroid dienone is 2. The number of carbonyl (C=O) groups is 1. The van der Waals surface area contributed by atoms with Crippen LogP contribution in [0.3, 0.4) is 0 Å². The normalized spacial score (nSPS) is 21.9. The van der Waals surface area contributed by atoms with Gasteiger partial charge in [-0.2, -0.15) is 0 Å². The molecule has 0 spiro atoms. The zero-order chi connectivity index (χ0) is 17.9. The van der Waals surface area contributed by atoms with Gasteiger partial charge in [-0.3, -0.25) is 4.79 Å². The summed E-state index contributed by atoms with van der Waals surface area (Å²) in [7, 11) is 0. The van der Waals surface area contributed by atoms with E-state index in [0.717, 1.165) is 44.6 Å². The van der Waals surface area contributed by atoms with Crippen LogP contribution in [0.4, 0.5) is 5.82 Å². The first-order chi connectivity index (χ1) is 11.9. The molecular formula is C22H32N2O. The van der Waals surface area contributed by atoms with Crippen molar-refractivity contribution in [1.82, 2.24) is 4.98 Å². The molecule has 1 aromatic rings. The fourth-order valence-corrected chi connectivity index (χ4v) is 3.80. The van der Waals surface area contributed by atoms with Gasteiger partial charge in [-0.05, 0) is 68.1 Å². The van der Waals surface area contributed by atoms with E-state index in [-0.39, 0.29) is 11.3 Å². The molecule has 136 valence electrons. The summed E-state index contributed by atoms with van der Waals surface area (Å²) >= 11 is 0. The highest BCUT2D eigenvalue weighted by atomic mass is 16.1. The third-order valence-corrected chi connectivity index (χ3v) is 5.38. The fourth-order valence-electron chi connectivity index (χ4n) is 3.80. The Morgan fingerprint density at radius 1 is 1.12 bits per heavy atom. The highest BCUT2D eigenvalue weighted by Crippen LogP contribution is 2.28. The lowest BCUT2D eigenvalue weighted by atomic mass is 9.91. The molecular weight excluding hydrogens is 308 g/mol. The highest BCUT2D eigenvalue weighted by Gasteiger charge is 2.23. The highest BCUT2D eigenvalue weighted by molar-refractivity contribution is 5.91. The maximum Gasteiger partial charge on any atom is 0.158 e. The number of aryl methyl sites for hydroxylation is 2. The van der Waals surface area contributed by atoms with Crippen molar-refractivity contribution in [3.05, 3.63) is 35.5 Å². The minimum Gasteiger partial charge on any atom is -0.357 e. The van der Waals surface area contributed by atoms with E-state index in [9.17, 15) is 4.79 Å². The standard InChI is InChI=1S/C22H32N2O/c1-22(2,3)14-13-20(25)18-8-7-17-10-12-21(23-19(17)11-9-18)24-15-5-4-6-16-24/h10,12-14,18H,4-9,11,15-16H2,1-3H3/b14-13-. The number of aromatic nitrogens is 1. The first-order valence-corrected chi connectivity index (χ1v) is 9.89. The average Bonchev–Trinajstić information content (AvgIpc) is 2.82. The molecule has 2 heterocycles. The first-order valence-electron chi connectivity index (χ1n) is 9.89. The Bertz CT molecular complexity index is 636. The maximum atomic E-state index is 12.5. The Morgan fingerprint density at radius 2 is 1.84 bits per heavy atom. The molecule has 25 heavy (non-hydrogen) atoms. The molecule has 0 N–H and O–H groups in total. The Balaban J connectivity index is 1.67. The monoisotopic (exact) mass is 340 g/mol. The van der Waals surface area contributed by atoms with Gasteiger partial charge in [0.15, 0.2) is 5.78 Å². The van der Waals surface area contributed by atoms with Crippen LogP contribution in [-0.2, 0) is 17.6 Å². The topological polar surface area (TPSA) is 33.2 Å². The number of fused-ring (bicyclic) bond motifs is 1. The molecule has 1 aromatic heterocycles. The second kappa shape index (κ2) is 7.72. The van der Waals surface area contributed by atoms with Crippen molar-refractivity contribution in [3.63, 3.8) is 0 Å². The molecule has 0 radical (unpaired) electrons. The molecule has 3 heteroatoms.